The highest BCUT2D eigenvalue weighted by atomic mass is 16.2. The summed E-state index contributed by atoms with van der Waals surface area (Å²) >= 11 is 0. The minimum absolute atomic E-state index is 0.750. The second-order valence-electron chi connectivity index (χ2n) is 0.907. The normalized spacial score (nSPS) is 5.09. The van der Waals surface area contributed by atoms with Crippen LogP contribution in [0.1, 0.15) is 0 Å². The summed E-state index contributed by atoms with van der Waals surface area (Å²) in [7, 11) is 0. The molecule has 4 amide bonds. The van der Waals surface area contributed by atoms with E-state index in [4.69, 9.17) is 19.8 Å². The van der Waals surface area contributed by atoms with Gasteiger partial charge in [-0.05, 0) is 0 Å². The number of isocyanates is 1. The highest BCUT2D eigenvalue weighted by Crippen LogP contribution is 1.26. The molecule has 0 heterocycles. The van der Waals surface area contributed by atoms with Crippen molar-refractivity contribution in [2.75, 3.05) is 0 Å². The lowest BCUT2D eigenvalue weighted by atomic mass is 11.2. The van der Waals surface area contributed by atoms with E-state index in [1.165, 1.54) is 0 Å². The summed E-state index contributed by atoms with van der Waals surface area (Å²) in [4.78, 5) is 26.3. The molecule has 8 heteroatoms. The molecule has 0 radical (unpaired) electrons. The number of rotatable bonds is 0. The van der Waals surface area contributed by atoms with E-state index in [2.05, 4.69) is 22.9 Å². The maximum atomic E-state index is 9.00. The van der Waals surface area contributed by atoms with Crippen molar-refractivity contribution in [3.8, 4) is 0 Å². The van der Waals surface area contributed by atoms with Gasteiger partial charge in [-0.2, -0.15) is 0 Å². The molecule has 0 atom stereocenters. The van der Waals surface area contributed by atoms with Crippen molar-refractivity contribution in [3.63, 3.8) is 0 Å². The summed E-state index contributed by atoms with van der Waals surface area (Å²) in [6, 6.07) is -1.67. The van der Waals surface area contributed by atoms with Crippen LogP contribution in [0.4, 0.5) is 9.59 Å². The van der Waals surface area contributed by atoms with Gasteiger partial charge in [0.1, 0.15) is 0 Å². The van der Waals surface area contributed by atoms with Crippen molar-refractivity contribution in [1.82, 2.24) is 0 Å². The molecule has 0 spiro atoms. The Labute approximate surface area is 62.0 Å². The molecular weight excluding hydrogens is 154 g/mol. The first kappa shape index (κ1) is 16.0. The monoisotopic (exact) mass is 163 g/mol. The van der Waals surface area contributed by atoms with Gasteiger partial charge in [0.15, 0.2) is 0 Å². The molecule has 0 saturated carbocycles. The largest absolute Gasteiger partial charge is 0.352 e. The number of carbonyl (C=O) groups is 2. The van der Waals surface area contributed by atoms with Crippen LogP contribution in [-0.4, -0.2) is 18.1 Å². The van der Waals surface area contributed by atoms with Crippen LogP contribution < -0.4 is 22.9 Å². The number of hydrogen-bond donors (Lipinski definition) is 5. The Morgan fingerprint density at radius 2 is 1.00 bits per heavy atom. The predicted octanol–water partition coefficient (Wildman–Crippen LogP) is -2.05. The van der Waals surface area contributed by atoms with E-state index in [0.29, 0.717) is 0 Å². The molecule has 11 heavy (non-hydrogen) atoms. The molecule has 0 saturated heterocycles. The molecule has 0 aliphatic carbocycles. The number of hydrogen-bond acceptors (Lipinski definition) is 4. The fourth-order valence-corrected chi connectivity index (χ4v) is 0. The minimum Gasteiger partial charge on any atom is -0.352 e. The number of primary amides is 4. The SMILES string of the molecule is N=C=O.NC(N)=O.NC(N)=O. The standard InChI is InChI=1S/2CH4N2O.CHNO/c2*2-1(3)4;2-1-3/h2*(H4,2,3,4);2H. The zero-order chi connectivity index (χ0) is 9.86. The van der Waals surface area contributed by atoms with Crippen molar-refractivity contribution in [3.05, 3.63) is 0 Å². The molecule has 0 unspecified atom stereocenters. The molecule has 8 nitrogen and oxygen atoms in total. The van der Waals surface area contributed by atoms with Gasteiger partial charge in [-0.1, -0.05) is 0 Å². The highest BCUT2D eigenvalue weighted by Gasteiger charge is 1.61. The van der Waals surface area contributed by atoms with Crippen LogP contribution in [0, 0.1) is 5.41 Å². The van der Waals surface area contributed by atoms with Gasteiger partial charge in [-0.3, -0.25) is 0 Å². The van der Waals surface area contributed by atoms with Gasteiger partial charge in [0.05, 0.1) is 0 Å². The van der Waals surface area contributed by atoms with Crippen LogP contribution in [0.5, 0.6) is 0 Å². The smallest absolute Gasteiger partial charge is 0.309 e. The van der Waals surface area contributed by atoms with Crippen molar-refractivity contribution in [2.24, 2.45) is 22.9 Å². The van der Waals surface area contributed by atoms with E-state index >= 15 is 0 Å². The van der Waals surface area contributed by atoms with E-state index in [1.54, 1.807) is 0 Å². The molecule has 0 aromatic carbocycles. The molecule has 9 N–H and O–H groups in total. The topological polar surface area (TPSA) is 179 Å². The summed E-state index contributed by atoms with van der Waals surface area (Å²) in [5, 5.41) is 5.40. The summed E-state index contributed by atoms with van der Waals surface area (Å²) < 4.78 is 0. The Morgan fingerprint density at radius 3 is 1.00 bits per heavy atom. The fraction of sp³-hybridized carbons (Fsp3) is 0. The lowest BCUT2D eigenvalue weighted by Gasteiger charge is -1.62. The van der Waals surface area contributed by atoms with Crippen molar-refractivity contribution >= 4 is 18.1 Å². The van der Waals surface area contributed by atoms with Crippen LogP contribution in [0.25, 0.3) is 0 Å². The molecule has 0 rings (SSSR count). The van der Waals surface area contributed by atoms with E-state index < -0.39 is 12.1 Å². The summed E-state index contributed by atoms with van der Waals surface area (Å²) in [6.07, 6.45) is 0.750. The van der Waals surface area contributed by atoms with Crippen LogP contribution in [0.2, 0.25) is 0 Å². The van der Waals surface area contributed by atoms with Gasteiger partial charge in [-0.15, -0.1) is 0 Å². The highest BCUT2D eigenvalue weighted by molar-refractivity contribution is 5.69. The van der Waals surface area contributed by atoms with E-state index in [9.17, 15) is 0 Å². The second kappa shape index (κ2) is 15.7. The molecule has 0 fully saturated rings. The summed E-state index contributed by atoms with van der Waals surface area (Å²) in [6.45, 7) is 0. The number of nitrogens with two attached hydrogens (primary N) is 4. The average Bonchev–Trinajstić information content (AvgIpc) is 1.60. The average molecular weight is 163 g/mol. The quantitative estimate of drug-likeness (QED) is 0.204. The third kappa shape index (κ3) is 64.2. The Balaban J connectivity index is -0.0000000886. The van der Waals surface area contributed by atoms with E-state index in [0.717, 1.165) is 6.08 Å². The molecule has 0 aliphatic heterocycles. The van der Waals surface area contributed by atoms with Crippen molar-refractivity contribution in [1.29, 1.82) is 5.41 Å². The van der Waals surface area contributed by atoms with Crippen LogP contribution in [0.3, 0.4) is 0 Å². The van der Waals surface area contributed by atoms with Gasteiger partial charge < -0.3 is 22.9 Å². The zero-order valence-corrected chi connectivity index (χ0v) is 5.53. The fourth-order valence-electron chi connectivity index (χ4n) is 0. The van der Waals surface area contributed by atoms with Crippen LogP contribution >= 0.6 is 0 Å². The first-order valence-electron chi connectivity index (χ1n) is 2.02. The van der Waals surface area contributed by atoms with Crippen LogP contribution in [0.15, 0.2) is 0 Å². The van der Waals surface area contributed by atoms with Crippen LogP contribution in [-0.2, 0) is 4.79 Å². The van der Waals surface area contributed by atoms with E-state index in [-0.39, 0.29) is 0 Å². The molecule has 0 aromatic heterocycles. The van der Waals surface area contributed by atoms with Gasteiger partial charge in [0.25, 0.3) is 0 Å². The molecular formula is C3H9N5O3. The van der Waals surface area contributed by atoms with Crippen molar-refractivity contribution in [2.45, 2.75) is 0 Å². The third-order valence-electron chi connectivity index (χ3n) is 0. The minimum atomic E-state index is -0.833. The Morgan fingerprint density at radius 1 is 1.00 bits per heavy atom. The maximum absolute atomic E-state index is 9.00. The van der Waals surface area contributed by atoms with Gasteiger partial charge in [0, 0.05) is 0 Å². The number of urea groups is 2. The Hall–Kier alpha value is -2.08. The molecule has 0 bridgehead atoms. The lowest BCUT2D eigenvalue weighted by molar-refractivity contribution is 0.255. The number of nitrogens with one attached hydrogen (secondary N) is 1. The molecule has 0 aliphatic rings. The Kier molecular flexibility index (Phi) is 22.7. The van der Waals surface area contributed by atoms with Gasteiger partial charge >= 0.3 is 12.1 Å². The number of carbonyl (C=O) groups excluding carboxylic acids is 3. The Bertz CT molecular complexity index is 129. The first-order chi connectivity index (χ1) is 4.88. The van der Waals surface area contributed by atoms with Gasteiger partial charge in [0.2, 0.25) is 6.08 Å². The summed E-state index contributed by atoms with van der Waals surface area (Å²) in [5.41, 5.74) is 17.0. The maximum Gasteiger partial charge on any atom is 0.309 e. The second-order valence-corrected chi connectivity index (χ2v) is 0.907. The zero-order valence-electron chi connectivity index (χ0n) is 5.53. The van der Waals surface area contributed by atoms with Crippen molar-refractivity contribution < 1.29 is 14.4 Å². The van der Waals surface area contributed by atoms with E-state index in [1.807, 2.05) is 0 Å². The van der Waals surface area contributed by atoms with Gasteiger partial charge in [-0.25, -0.2) is 19.8 Å². The molecule has 0 aromatic rings. The summed E-state index contributed by atoms with van der Waals surface area (Å²) in [5.74, 6) is 0. The first-order valence-corrected chi connectivity index (χ1v) is 2.02. The molecule has 64 valence electrons. The predicted molar refractivity (Wildman–Crippen MR) is 36.0 cm³/mol. The lowest BCUT2D eigenvalue weighted by Crippen LogP contribution is -2.18. The number of amides is 4. The third-order valence-corrected chi connectivity index (χ3v) is 0.